The van der Waals surface area contributed by atoms with Crippen molar-refractivity contribution in [1.29, 1.82) is 0 Å². The van der Waals surface area contributed by atoms with Crippen molar-refractivity contribution < 1.29 is 9.47 Å². The first-order valence-electron chi connectivity index (χ1n) is 8.25. The molecule has 4 heteroatoms. The fourth-order valence-corrected chi connectivity index (χ4v) is 4.64. The van der Waals surface area contributed by atoms with Gasteiger partial charge in [-0.1, -0.05) is 20.8 Å². The highest BCUT2D eigenvalue weighted by atomic mass is 16.5. The van der Waals surface area contributed by atoms with Crippen LogP contribution in [0.3, 0.4) is 0 Å². The molecule has 0 heterocycles. The molecular weight excluding hydrogens is 264 g/mol. The first kappa shape index (κ1) is 18.9. The summed E-state index contributed by atoms with van der Waals surface area (Å²) < 4.78 is 10.7. The molecule has 0 spiro atoms. The summed E-state index contributed by atoms with van der Waals surface area (Å²) in [4.78, 5) is 2.55. The van der Waals surface area contributed by atoms with Gasteiger partial charge >= 0.3 is 0 Å². The van der Waals surface area contributed by atoms with Crippen LogP contribution in [0.5, 0.6) is 0 Å². The summed E-state index contributed by atoms with van der Waals surface area (Å²) in [7, 11) is 3.54. The maximum atomic E-state index is 6.30. The van der Waals surface area contributed by atoms with Crippen LogP contribution in [0.2, 0.25) is 0 Å². The van der Waals surface area contributed by atoms with Crippen LogP contribution < -0.4 is 5.73 Å². The van der Waals surface area contributed by atoms with E-state index in [-0.39, 0.29) is 5.54 Å². The third-order valence-corrected chi connectivity index (χ3v) is 4.90. The van der Waals surface area contributed by atoms with Gasteiger partial charge in [0, 0.05) is 38.9 Å². The summed E-state index contributed by atoms with van der Waals surface area (Å²) in [5.41, 5.74) is 6.71. The van der Waals surface area contributed by atoms with Gasteiger partial charge in [0.2, 0.25) is 0 Å². The lowest BCUT2D eigenvalue weighted by atomic mass is 9.63. The van der Waals surface area contributed by atoms with Crippen LogP contribution in [0.4, 0.5) is 0 Å². The molecular formula is C17H36N2O2. The van der Waals surface area contributed by atoms with E-state index in [1.54, 1.807) is 14.2 Å². The van der Waals surface area contributed by atoms with Crippen molar-refractivity contribution in [3.63, 3.8) is 0 Å². The quantitative estimate of drug-likeness (QED) is 0.748. The molecule has 0 aromatic carbocycles. The molecule has 3 unspecified atom stereocenters. The molecule has 1 rings (SSSR count). The molecule has 1 saturated carbocycles. The molecule has 0 saturated heterocycles. The van der Waals surface area contributed by atoms with Gasteiger partial charge in [-0.15, -0.1) is 0 Å². The Morgan fingerprint density at radius 1 is 1.24 bits per heavy atom. The molecule has 0 bridgehead atoms. The average Bonchev–Trinajstić information content (AvgIpc) is 2.37. The van der Waals surface area contributed by atoms with Gasteiger partial charge in [-0.05, 0) is 37.5 Å². The highest BCUT2D eigenvalue weighted by molar-refractivity contribution is 5.02. The van der Waals surface area contributed by atoms with Gasteiger partial charge in [-0.2, -0.15) is 0 Å². The van der Waals surface area contributed by atoms with Crippen molar-refractivity contribution in [1.82, 2.24) is 4.90 Å². The lowest BCUT2D eigenvalue weighted by Gasteiger charge is -2.54. The van der Waals surface area contributed by atoms with Crippen LogP contribution >= 0.6 is 0 Å². The van der Waals surface area contributed by atoms with Crippen LogP contribution in [0, 0.1) is 11.3 Å². The summed E-state index contributed by atoms with van der Waals surface area (Å²) in [5, 5.41) is 0. The predicted octanol–water partition coefficient (Wildman–Crippen LogP) is 2.51. The minimum atomic E-state index is 0.0671. The van der Waals surface area contributed by atoms with E-state index in [1.165, 1.54) is 12.8 Å². The van der Waals surface area contributed by atoms with Crippen molar-refractivity contribution in [2.45, 2.75) is 58.5 Å². The largest absolute Gasteiger partial charge is 0.383 e. The zero-order chi connectivity index (χ0) is 16.1. The molecule has 21 heavy (non-hydrogen) atoms. The van der Waals surface area contributed by atoms with E-state index < -0.39 is 0 Å². The number of ether oxygens (including phenoxy) is 2. The van der Waals surface area contributed by atoms with E-state index in [9.17, 15) is 0 Å². The molecule has 0 amide bonds. The Morgan fingerprint density at radius 3 is 2.38 bits per heavy atom. The molecule has 0 aromatic rings. The smallest absolute Gasteiger partial charge is 0.0615 e. The van der Waals surface area contributed by atoms with E-state index in [4.69, 9.17) is 15.2 Å². The fourth-order valence-electron chi connectivity index (χ4n) is 4.64. The monoisotopic (exact) mass is 300 g/mol. The van der Waals surface area contributed by atoms with Gasteiger partial charge in [-0.25, -0.2) is 0 Å². The Bertz CT molecular complexity index is 309. The molecule has 0 aliphatic heterocycles. The van der Waals surface area contributed by atoms with Gasteiger partial charge in [0.25, 0.3) is 0 Å². The molecule has 1 fully saturated rings. The SMILES string of the molecule is COCCN(C(C)COC)C1(CN)CC(C)CC(C)(C)C1. The molecule has 2 N–H and O–H groups in total. The Hall–Kier alpha value is -0.160. The van der Waals surface area contributed by atoms with Gasteiger partial charge in [0.1, 0.15) is 0 Å². The van der Waals surface area contributed by atoms with Crippen molar-refractivity contribution in [2.75, 3.05) is 40.5 Å². The molecule has 0 radical (unpaired) electrons. The van der Waals surface area contributed by atoms with Crippen LogP contribution in [-0.4, -0.2) is 57.0 Å². The summed E-state index contributed by atoms with van der Waals surface area (Å²) in [6, 6.07) is 0.356. The Labute approximate surface area is 131 Å². The first-order chi connectivity index (χ1) is 9.80. The van der Waals surface area contributed by atoms with Crippen molar-refractivity contribution in [2.24, 2.45) is 17.1 Å². The zero-order valence-corrected chi connectivity index (χ0v) is 14.9. The van der Waals surface area contributed by atoms with Crippen molar-refractivity contribution >= 4 is 0 Å². The van der Waals surface area contributed by atoms with E-state index in [0.717, 1.165) is 26.2 Å². The second-order valence-electron chi connectivity index (χ2n) is 7.77. The normalized spacial score (nSPS) is 30.6. The van der Waals surface area contributed by atoms with Crippen LogP contribution in [0.25, 0.3) is 0 Å². The van der Waals surface area contributed by atoms with Crippen LogP contribution in [0.15, 0.2) is 0 Å². The number of nitrogens with zero attached hydrogens (tertiary/aromatic N) is 1. The van der Waals surface area contributed by atoms with Crippen LogP contribution in [-0.2, 0) is 9.47 Å². The number of methoxy groups -OCH3 is 2. The van der Waals surface area contributed by atoms with E-state index in [2.05, 4.69) is 32.6 Å². The minimum absolute atomic E-state index is 0.0671. The minimum Gasteiger partial charge on any atom is -0.383 e. The van der Waals surface area contributed by atoms with Crippen molar-refractivity contribution in [3.05, 3.63) is 0 Å². The summed E-state index contributed by atoms with van der Waals surface area (Å²) in [6.45, 7) is 12.5. The van der Waals surface area contributed by atoms with Gasteiger partial charge in [0.15, 0.2) is 0 Å². The highest BCUT2D eigenvalue weighted by Crippen LogP contribution is 2.46. The fraction of sp³-hybridized carbons (Fsp3) is 1.00. The number of hydrogen-bond donors (Lipinski definition) is 1. The topological polar surface area (TPSA) is 47.7 Å². The molecule has 0 aromatic heterocycles. The Kier molecular flexibility index (Phi) is 7.11. The summed E-state index contributed by atoms with van der Waals surface area (Å²) in [5.74, 6) is 0.706. The van der Waals surface area contributed by atoms with E-state index in [1.807, 2.05) is 0 Å². The number of rotatable bonds is 8. The molecule has 4 nitrogen and oxygen atoms in total. The third-order valence-electron chi connectivity index (χ3n) is 4.90. The summed E-state index contributed by atoms with van der Waals surface area (Å²) >= 11 is 0. The first-order valence-corrected chi connectivity index (χ1v) is 8.25. The van der Waals surface area contributed by atoms with Gasteiger partial charge < -0.3 is 15.2 Å². The van der Waals surface area contributed by atoms with Gasteiger partial charge in [-0.3, -0.25) is 4.90 Å². The number of nitrogens with two attached hydrogens (primary N) is 1. The average molecular weight is 300 g/mol. The Morgan fingerprint density at radius 2 is 1.90 bits per heavy atom. The zero-order valence-electron chi connectivity index (χ0n) is 14.9. The molecule has 1 aliphatic carbocycles. The van der Waals surface area contributed by atoms with Crippen LogP contribution in [0.1, 0.15) is 47.0 Å². The highest BCUT2D eigenvalue weighted by Gasteiger charge is 2.46. The third kappa shape index (κ3) is 4.92. The maximum absolute atomic E-state index is 6.30. The Balaban J connectivity index is 3.02. The second kappa shape index (κ2) is 7.91. The maximum Gasteiger partial charge on any atom is 0.0615 e. The lowest BCUT2D eigenvalue weighted by Crippen LogP contribution is -2.62. The standard InChI is InChI=1S/C17H36N2O2/c1-14-9-16(3,4)12-17(10-14,13-18)19(7-8-20-5)15(2)11-21-6/h14-15H,7-13,18H2,1-6H3. The second-order valence-corrected chi connectivity index (χ2v) is 7.77. The van der Waals surface area contributed by atoms with E-state index >= 15 is 0 Å². The summed E-state index contributed by atoms with van der Waals surface area (Å²) in [6.07, 6.45) is 3.61. The predicted molar refractivity (Wildman–Crippen MR) is 88.5 cm³/mol. The lowest BCUT2D eigenvalue weighted by molar-refractivity contribution is -0.0567. The molecule has 1 aliphatic rings. The van der Waals surface area contributed by atoms with E-state index in [0.29, 0.717) is 23.9 Å². The molecule has 3 atom stereocenters. The molecule has 126 valence electrons. The number of hydrogen-bond acceptors (Lipinski definition) is 4. The van der Waals surface area contributed by atoms with Gasteiger partial charge in [0.05, 0.1) is 13.2 Å². The van der Waals surface area contributed by atoms with Crippen molar-refractivity contribution in [3.8, 4) is 0 Å².